The van der Waals surface area contributed by atoms with Crippen LogP contribution in [-0.4, -0.2) is 106 Å². The van der Waals surface area contributed by atoms with Crippen LogP contribution in [0.3, 0.4) is 0 Å². The number of nitrogens with zero attached hydrogens (tertiary/aromatic N) is 8. The van der Waals surface area contributed by atoms with Gasteiger partial charge in [-0.05, 0) is 111 Å². The number of ether oxygens (including phenoxy) is 2. The Hall–Kier alpha value is -6.29. The van der Waals surface area contributed by atoms with Gasteiger partial charge < -0.3 is 39.6 Å². The molecule has 0 saturated carbocycles. The van der Waals surface area contributed by atoms with Gasteiger partial charge in [-0.15, -0.1) is 0 Å². The number of carbonyl (C=O) groups is 2. The maximum absolute atomic E-state index is 14.1. The van der Waals surface area contributed by atoms with Crippen molar-refractivity contribution in [1.82, 2.24) is 24.4 Å². The summed E-state index contributed by atoms with van der Waals surface area (Å²) in [6, 6.07) is 17.5. The van der Waals surface area contributed by atoms with E-state index >= 15 is 0 Å². The van der Waals surface area contributed by atoms with E-state index in [0.29, 0.717) is 77.3 Å². The normalized spacial score (nSPS) is 21.4. The molecule has 0 radical (unpaired) electrons. The Balaban J connectivity index is 0.860. The van der Waals surface area contributed by atoms with E-state index in [0.717, 1.165) is 70.6 Å². The third kappa shape index (κ3) is 8.42. The van der Waals surface area contributed by atoms with E-state index < -0.39 is 0 Å². The van der Waals surface area contributed by atoms with Crippen molar-refractivity contribution in [2.75, 3.05) is 71.8 Å². The van der Waals surface area contributed by atoms with E-state index in [1.807, 2.05) is 24.3 Å². The quantitative estimate of drug-likeness (QED) is 0.116. The fourth-order valence-electron chi connectivity index (χ4n) is 11.4. The first-order valence-electron chi connectivity index (χ1n) is 23.8. The number of aliphatic hydroxyl groups excluding tert-OH is 1. The number of hydrogen-bond acceptors (Lipinski definition) is 12. The molecule has 4 aliphatic heterocycles. The van der Waals surface area contributed by atoms with Gasteiger partial charge in [-0.1, -0.05) is 32.6 Å². The van der Waals surface area contributed by atoms with Crippen molar-refractivity contribution in [2.45, 2.75) is 97.7 Å². The van der Waals surface area contributed by atoms with Crippen LogP contribution in [0.25, 0.3) is 11.3 Å². The molecule has 2 saturated heterocycles. The second kappa shape index (κ2) is 18.1. The van der Waals surface area contributed by atoms with Gasteiger partial charge in [0.2, 0.25) is 5.91 Å². The summed E-state index contributed by atoms with van der Waals surface area (Å²) in [6.45, 7) is 18.8. The summed E-state index contributed by atoms with van der Waals surface area (Å²) >= 11 is 0. The summed E-state index contributed by atoms with van der Waals surface area (Å²) in [5, 5.41) is 17.3. The number of piperazine rings is 1. The topological polar surface area (TPSA) is 153 Å². The molecule has 3 atom stereocenters. The average molecular weight is 907 g/mol. The van der Waals surface area contributed by atoms with E-state index in [-0.39, 0.29) is 35.8 Å². The number of benzene rings is 2. The molecule has 15 nitrogen and oxygen atoms in total. The van der Waals surface area contributed by atoms with Crippen LogP contribution >= 0.6 is 0 Å². The van der Waals surface area contributed by atoms with Crippen molar-refractivity contribution in [3.8, 4) is 17.1 Å². The summed E-state index contributed by atoms with van der Waals surface area (Å²) in [5.41, 5.74) is 11.2. The molecular weight excluding hydrogens is 845 g/mol. The first-order valence-corrected chi connectivity index (χ1v) is 23.8. The molecule has 0 bridgehead atoms. The van der Waals surface area contributed by atoms with Crippen LogP contribution < -0.4 is 30.1 Å². The highest BCUT2D eigenvalue weighted by molar-refractivity contribution is 6.06. The van der Waals surface area contributed by atoms with Crippen molar-refractivity contribution >= 4 is 46.2 Å². The van der Waals surface area contributed by atoms with E-state index in [9.17, 15) is 14.7 Å². The molecule has 2 aromatic carbocycles. The first kappa shape index (κ1) is 44.5. The number of anilines is 6. The molecule has 3 aromatic heterocycles. The second-order valence-corrected chi connectivity index (χ2v) is 19.6. The predicted molar refractivity (Wildman–Crippen MR) is 262 cm³/mol. The van der Waals surface area contributed by atoms with Gasteiger partial charge in [0.15, 0.2) is 5.82 Å². The van der Waals surface area contributed by atoms with Crippen LogP contribution in [-0.2, 0) is 48.6 Å². The van der Waals surface area contributed by atoms with Crippen LogP contribution in [0.1, 0.15) is 79.0 Å². The van der Waals surface area contributed by atoms with Gasteiger partial charge in [0.1, 0.15) is 11.5 Å². The lowest BCUT2D eigenvalue weighted by molar-refractivity contribution is -0.111. The van der Waals surface area contributed by atoms with Gasteiger partial charge in [0, 0.05) is 91.8 Å². The number of amides is 2. The van der Waals surface area contributed by atoms with E-state index in [4.69, 9.17) is 14.5 Å². The first-order chi connectivity index (χ1) is 32.4. The van der Waals surface area contributed by atoms with Crippen LogP contribution in [0.5, 0.6) is 5.88 Å². The van der Waals surface area contributed by atoms with Gasteiger partial charge in [0.05, 0.1) is 50.2 Å². The summed E-state index contributed by atoms with van der Waals surface area (Å²) in [4.78, 5) is 50.5. The lowest BCUT2D eigenvalue weighted by Gasteiger charge is -2.49. The number of methoxy groups -OCH3 is 1. The Morgan fingerprint density at radius 3 is 2.64 bits per heavy atom. The number of fused-ring (bicyclic) bond motifs is 4. The smallest absolute Gasteiger partial charge is 0.276 e. The molecule has 1 unspecified atom stereocenters. The molecule has 350 valence electrons. The Kier molecular flexibility index (Phi) is 12.0. The summed E-state index contributed by atoms with van der Waals surface area (Å²) < 4.78 is 13.6. The van der Waals surface area contributed by atoms with Crippen LogP contribution in [0, 0.1) is 5.41 Å². The average Bonchev–Trinajstić information content (AvgIpc) is 3.83. The number of piperidine rings is 1. The van der Waals surface area contributed by atoms with Crippen molar-refractivity contribution in [2.24, 2.45) is 5.41 Å². The lowest BCUT2D eigenvalue weighted by Crippen LogP contribution is -2.58. The standard InChI is InChI=1S/C52H62N10O5/c1-7-47(64)56-41-25-36(11-12-44(41)60-19-18-58(29-33(60)3)37-14-17-59(32(2)23-37)43-10-8-9-34-31-67-22-15-38(34)43)55-48-50(66-6)54-28-42(57-48)39-13-16-53-49(40(39)30-63)62-21-20-61-45(51(62)65)24-35-26-52(4,5)27-46(35)61/h7-13,16,24-25,28,32-33,37,63H,1,14-15,17-23,26-27,29-31H2,2-6H3,(H,55,57)(H,56,64)/t32-,33+,37?/m1/s1. The number of hydrogen-bond donors (Lipinski definition) is 3. The highest BCUT2D eigenvalue weighted by Crippen LogP contribution is 2.41. The molecular formula is C52H62N10O5. The minimum absolute atomic E-state index is 0.135. The maximum atomic E-state index is 14.1. The van der Waals surface area contributed by atoms with E-state index in [1.165, 1.54) is 41.3 Å². The van der Waals surface area contributed by atoms with Gasteiger partial charge in [-0.3, -0.25) is 19.4 Å². The van der Waals surface area contributed by atoms with Crippen molar-refractivity contribution in [3.05, 3.63) is 107 Å². The van der Waals surface area contributed by atoms with Crippen molar-refractivity contribution in [1.29, 1.82) is 0 Å². The van der Waals surface area contributed by atoms with Gasteiger partial charge >= 0.3 is 0 Å². The summed E-state index contributed by atoms with van der Waals surface area (Å²) in [7, 11) is 1.53. The highest BCUT2D eigenvalue weighted by Gasteiger charge is 2.39. The number of pyridine rings is 1. The summed E-state index contributed by atoms with van der Waals surface area (Å²) in [6.07, 6.45) is 9.58. The monoisotopic (exact) mass is 906 g/mol. The largest absolute Gasteiger partial charge is 0.478 e. The van der Waals surface area contributed by atoms with Crippen LogP contribution in [0.2, 0.25) is 0 Å². The van der Waals surface area contributed by atoms with Crippen LogP contribution in [0.4, 0.5) is 34.4 Å². The zero-order chi connectivity index (χ0) is 46.6. The fourth-order valence-corrected chi connectivity index (χ4v) is 11.4. The van der Waals surface area contributed by atoms with Gasteiger partial charge in [-0.25, -0.2) is 15.0 Å². The molecule has 2 amide bonds. The number of aliphatic hydroxyl groups is 1. The molecule has 67 heavy (non-hydrogen) atoms. The molecule has 1 aliphatic carbocycles. The molecule has 3 N–H and O–H groups in total. The van der Waals surface area contributed by atoms with Crippen molar-refractivity contribution < 1.29 is 24.2 Å². The summed E-state index contributed by atoms with van der Waals surface area (Å²) in [5.74, 6) is 0.550. The van der Waals surface area contributed by atoms with E-state index in [1.54, 1.807) is 23.4 Å². The predicted octanol–water partition coefficient (Wildman–Crippen LogP) is 7.14. The molecule has 10 rings (SSSR count). The number of aromatic nitrogens is 4. The molecule has 0 spiro atoms. The maximum Gasteiger partial charge on any atom is 0.276 e. The Morgan fingerprint density at radius 2 is 1.85 bits per heavy atom. The molecule has 2 fully saturated rings. The molecule has 5 aliphatic rings. The number of rotatable bonds is 11. The second-order valence-electron chi connectivity index (χ2n) is 19.6. The number of nitrogens with one attached hydrogen (secondary N) is 2. The van der Waals surface area contributed by atoms with Crippen molar-refractivity contribution in [3.63, 3.8) is 0 Å². The molecule has 7 heterocycles. The minimum Gasteiger partial charge on any atom is -0.478 e. The van der Waals surface area contributed by atoms with Gasteiger partial charge in [-0.2, -0.15) is 0 Å². The van der Waals surface area contributed by atoms with Gasteiger partial charge in [0.25, 0.3) is 11.8 Å². The highest BCUT2D eigenvalue weighted by atomic mass is 16.5. The fraction of sp³-hybridized carbons (Fsp3) is 0.442. The minimum atomic E-state index is -0.366. The Labute approximate surface area is 392 Å². The van der Waals surface area contributed by atoms with E-state index in [2.05, 4.69) is 92.3 Å². The Bertz CT molecular complexity index is 2730. The Morgan fingerprint density at radius 1 is 1.00 bits per heavy atom. The lowest BCUT2D eigenvalue weighted by atomic mass is 9.90. The zero-order valence-electron chi connectivity index (χ0n) is 39.3. The SMILES string of the molecule is C=CC(=O)Nc1cc(Nc2nc(-c3ccnc(N4CCn5c(cc6c5CC(C)(C)C6)C4=O)c3CO)cnc2OC)ccc1N1CCN(C2CCN(c3cccc4c3CCOC4)[C@H](C)C2)C[C@@H]1C. The zero-order valence-corrected chi connectivity index (χ0v) is 39.3. The third-order valence-electron chi connectivity index (χ3n) is 14.6. The third-order valence-corrected chi connectivity index (χ3v) is 14.6. The molecule has 5 aromatic rings. The molecule has 15 heteroatoms. The number of carbonyl (C=O) groups excluding carboxylic acids is 2. The van der Waals surface area contributed by atoms with Crippen LogP contribution in [0.15, 0.2) is 73.6 Å².